The monoisotopic (exact) mass is 356 g/mol. The largest absolute Gasteiger partial charge is 0.322 e. The molecule has 0 radical (unpaired) electrons. The standard InChI is InChI=1S/C20H23FN4O/c21-19-8-6-17(7-9-19)14-22-23-20(26)16-25-12-10-24(11-13-25)15-18-4-2-1-3-5-18/h1-9,14H,10-13,15-16H2,(H,23,26)/p+2/b22-14-. The van der Waals surface area contributed by atoms with Crippen molar-refractivity contribution in [3.8, 4) is 0 Å². The fourth-order valence-corrected chi connectivity index (χ4v) is 3.19. The molecule has 136 valence electrons. The number of rotatable bonds is 6. The highest BCUT2D eigenvalue weighted by molar-refractivity contribution is 5.82. The van der Waals surface area contributed by atoms with E-state index in [1.54, 1.807) is 17.0 Å². The van der Waals surface area contributed by atoms with Gasteiger partial charge in [0.25, 0.3) is 5.91 Å². The number of hydrogen-bond donors (Lipinski definition) is 3. The van der Waals surface area contributed by atoms with Gasteiger partial charge >= 0.3 is 0 Å². The van der Waals surface area contributed by atoms with Crippen LogP contribution in [0.25, 0.3) is 0 Å². The molecule has 0 spiro atoms. The minimum atomic E-state index is -0.289. The quantitative estimate of drug-likeness (QED) is 0.464. The van der Waals surface area contributed by atoms with Crippen LogP contribution in [0.5, 0.6) is 0 Å². The molecule has 3 N–H and O–H groups in total. The summed E-state index contributed by atoms with van der Waals surface area (Å²) in [5.41, 5.74) is 4.66. The Morgan fingerprint density at radius 1 is 1.00 bits per heavy atom. The second-order valence-electron chi connectivity index (χ2n) is 6.68. The maximum absolute atomic E-state index is 12.8. The van der Waals surface area contributed by atoms with Crippen molar-refractivity contribution in [3.05, 3.63) is 71.5 Å². The number of hydrazone groups is 1. The highest BCUT2D eigenvalue weighted by Crippen LogP contribution is 1.99. The van der Waals surface area contributed by atoms with Gasteiger partial charge in [0, 0.05) is 5.56 Å². The topological polar surface area (TPSA) is 50.3 Å². The molecule has 1 fully saturated rings. The van der Waals surface area contributed by atoms with Crippen molar-refractivity contribution in [2.45, 2.75) is 6.54 Å². The summed E-state index contributed by atoms with van der Waals surface area (Å²) in [7, 11) is 0. The minimum absolute atomic E-state index is 0.0927. The van der Waals surface area contributed by atoms with Gasteiger partial charge in [-0.2, -0.15) is 5.10 Å². The van der Waals surface area contributed by atoms with Crippen molar-refractivity contribution >= 4 is 12.1 Å². The molecule has 26 heavy (non-hydrogen) atoms. The maximum atomic E-state index is 12.8. The van der Waals surface area contributed by atoms with Gasteiger partial charge in [-0.25, -0.2) is 9.82 Å². The summed E-state index contributed by atoms with van der Waals surface area (Å²) in [5.74, 6) is -0.381. The maximum Gasteiger partial charge on any atom is 0.295 e. The Labute approximate surface area is 153 Å². The Kier molecular flexibility index (Phi) is 6.46. The SMILES string of the molecule is O=C(C[NH+]1CC[NH+](Cc2ccccc2)CC1)N/N=C\c1ccc(F)cc1. The van der Waals surface area contributed by atoms with Crippen molar-refractivity contribution in [2.24, 2.45) is 5.10 Å². The Morgan fingerprint density at radius 2 is 1.65 bits per heavy atom. The lowest BCUT2D eigenvalue weighted by molar-refractivity contribution is -1.02. The molecular formula is C20H25FN4O+2. The molecule has 3 rings (SSSR count). The molecule has 2 aromatic carbocycles. The van der Waals surface area contributed by atoms with Crippen LogP contribution in [0, 0.1) is 5.82 Å². The first-order valence-corrected chi connectivity index (χ1v) is 8.97. The van der Waals surface area contributed by atoms with E-state index in [1.165, 1.54) is 28.8 Å². The molecule has 1 aliphatic heterocycles. The second-order valence-corrected chi connectivity index (χ2v) is 6.68. The number of piperazine rings is 1. The first-order chi connectivity index (χ1) is 12.7. The molecule has 0 atom stereocenters. The second kappa shape index (κ2) is 9.22. The lowest BCUT2D eigenvalue weighted by Gasteiger charge is -2.29. The Hall–Kier alpha value is -2.57. The molecule has 6 heteroatoms. The van der Waals surface area contributed by atoms with Crippen molar-refractivity contribution in [1.82, 2.24) is 5.43 Å². The van der Waals surface area contributed by atoms with E-state index in [2.05, 4.69) is 34.8 Å². The first-order valence-electron chi connectivity index (χ1n) is 8.97. The molecule has 1 heterocycles. The molecule has 5 nitrogen and oxygen atoms in total. The predicted octanol–water partition coefficient (Wildman–Crippen LogP) is -0.741. The highest BCUT2D eigenvalue weighted by atomic mass is 19.1. The lowest BCUT2D eigenvalue weighted by Crippen LogP contribution is -3.28. The third kappa shape index (κ3) is 5.75. The summed E-state index contributed by atoms with van der Waals surface area (Å²) in [6.45, 7) is 5.57. The van der Waals surface area contributed by atoms with Crippen LogP contribution in [0.2, 0.25) is 0 Å². The number of amides is 1. The third-order valence-corrected chi connectivity index (χ3v) is 4.64. The van der Waals surface area contributed by atoms with Gasteiger partial charge in [0.1, 0.15) is 38.5 Å². The number of nitrogens with one attached hydrogen (secondary N) is 3. The van der Waals surface area contributed by atoms with Crippen LogP contribution in [0.4, 0.5) is 4.39 Å². The average Bonchev–Trinajstić information content (AvgIpc) is 2.66. The van der Waals surface area contributed by atoms with Crippen LogP contribution >= 0.6 is 0 Å². The van der Waals surface area contributed by atoms with E-state index in [0.717, 1.165) is 38.3 Å². The number of quaternary nitrogens is 2. The summed E-state index contributed by atoms with van der Waals surface area (Å²) >= 11 is 0. The van der Waals surface area contributed by atoms with Gasteiger partial charge in [0.05, 0.1) is 6.21 Å². The van der Waals surface area contributed by atoms with E-state index in [9.17, 15) is 9.18 Å². The molecule has 1 amide bonds. The van der Waals surface area contributed by atoms with Crippen LogP contribution in [-0.2, 0) is 11.3 Å². The van der Waals surface area contributed by atoms with Crippen LogP contribution in [0.15, 0.2) is 59.7 Å². The zero-order chi connectivity index (χ0) is 18.2. The van der Waals surface area contributed by atoms with Gasteiger partial charge in [-0.3, -0.25) is 4.79 Å². The normalized spacial score (nSPS) is 20.2. The molecule has 1 saturated heterocycles. The average molecular weight is 356 g/mol. The van der Waals surface area contributed by atoms with Crippen LogP contribution in [0.1, 0.15) is 11.1 Å². The Morgan fingerprint density at radius 3 is 2.35 bits per heavy atom. The molecule has 0 unspecified atom stereocenters. The summed E-state index contributed by atoms with van der Waals surface area (Å²) in [6.07, 6.45) is 1.52. The van der Waals surface area contributed by atoms with E-state index in [0.29, 0.717) is 6.54 Å². The number of carbonyl (C=O) groups excluding carboxylic acids is 1. The van der Waals surface area contributed by atoms with Crippen molar-refractivity contribution in [1.29, 1.82) is 0 Å². The Bertz CT molecular complexity index is 725. The van der Waals surface area contributed by atoms with Gasteiger partial charge in [0.2, 0.25) is 0 Å². The molecular weight excluding hydrogens is 331 g/mol. The molecule has 0 aromatic heterocycles. The summed E-state index contributed by atoms with van der Waals surface area (Å²) in [5, 5.41) is 3.94. The molecule has 0 saturated carbocycles. The van der Waals surface area contributed by atoms with Crippen molar-refractivity contribution in [2.75, 3.05) is 32.7 Å². The zero-order valence-corrected chi connectivity index (χ0v) is 14.7. The Balaban J connectivity index is 1.37. The summed E-state index contributed by atoms with van der Waals surface area (Å²) < 4.78 is 12.8. The fraction of sp³-hybridized carbons (Fsp3) is 0.300. The van der Waals surface area contributed by atoms with E-state index in [-0.39, 0.29) is 11.7 Å². The number of halogens is 1. The predicted molar refractivity (Wildman–Crippen MR) is 98.5 cm³/mol. The first kappa shape index (κ1) is 18.2. The number of nitrogens with zero attached hydrogens (tertiary/aromatic N) is 1. The van der Waals surface area contributed by atoms with Crippen LogP contribution in [0.3, 0.4) is 0 Å². The van der Waals surface area contributed by atoms with Gasteiger partial charge < -0.3 is 9.80 Å². The van der Waals surface area contributed by atoms with E-state index >= 15 is 0 Å². The smallest absolute Gasteiger partial charge is 0.295 e. The van der Waals surface area contributed by atoms with Crippen molar-refractivity contribution in [3.63, 3.8) is 0 Å². The number of benzene rings is 2. The molecule has 1 aliphatic rings. The van der Waals surface area contributed by atoms with Crippen molar-refractivity contribution < 1.29 is 19.0 Å². The highest BCUT2D eigenvalue weighted by Gasteiger charge is 2.24. The van der Waals surface area contributed by atoms with Crippen LogP contribution in [-0.4, -0.2) is 44.8 Å². The van der Waals surface area contributed by atoms with Crippen LogP contribution < -0.4 is 15.2 Å². The zero-order valence-electron chi connectivity index (χ0n) is 14.7. The fourth-order valence-electron chi connectivity index (χ4n) is 3.19. The summed E-state index contributed by atoms with van der Waals surface area (Å²) in [4.78, 5) is 14.9. The van der Waals surface area contributed by atoms with E-state index in [4.69, 9.17) is 0 Å². The third-order valence-electron chi connectivity index (χ3n) is 4.64. The van der Waals surface area contributed by atoms with Gasteiger partial charge in [-0.05, 0) is 17.7 Å². The van der Waals surface area contributed by atoms with E-state index < -0.39 is 0 Å². The lowest BCUT2D eigenvalue weighted by atomic mass is 10.2. The summed E-state index contributed by atoms with van der Waals surface area (Å²) in [6, 6.07) is 16.5. The molecule has 2 aromatic rings. The van der Waals surface area contributed by atoms with Gasteiger partial charge in [-0.1, -0.05) is 42.5 Å². The minimum Gasteiger partial charge on any atom is -0.322 e. The number of hydrogen-bond acceptors (Lipinski definition) is 2. The number of carbonyl (C=O) groups is 1. The molecule has 0 bridgehead atoms. The van der Waals surface area contributed by atoms with Gasteiger partial charge in [0.15, 0.2) is 6.54 Å². The molecule has 0 aliphatic carbocycles. The van der Waals surface area contributed by atoms with Gasteiger partial charge in [-0.15, -0.1) is 0 Å². The van der Waals surface area contributed by atoms with E-state index in [1.807, 2.05) is 6.07 Å².